The van der Waals surface area contributed by atoms with Crippen LogP contribution in [0.3, 0.4) is 0 Å². The fourth-order valence-corrected chi connectivity index (χ4v) is 1.07. The molecule has 0 radical (unpaired) electrons. The summed E-state index contributed by atoms with van der Waals surface area (Å²) in [5, 5.41) is 8.83. The molecule has 0 amide bonds. The zero-order chi connectivity index (χ0) is 9.14. The third kappa shape index (κ3) is 2.08. The van der Waals surface area contributed by atoms with Crippen LogP contribution in [0, 0.1) is 12.8 Å². The van der Waals surface area contributed by atoms with Gasteiger partial charge in [0, 0.05) is 6.42 Å². The molecule has 68 valence electrons. The first kappa shape index (κ1) is 9.26. The van der Waals surface area contributed by atoms with E-state index in [4.69, 9.17) is 9.52 Å². The van der Waals surface area contributed by atoms with E-state index >= 15 is 0 Å². The zero-order valence-electron chi connectivity index (χ0n) is 7.79. The Hall–Kier alpha value is -0.830. The molecule has 0 aromatic carbocycles. The van der Waals surface area contributed by atoms with Crippen LogP contribution in [0.5, 0.6) is 0 Å². The smallest absolute Gasteiger partial charge is 0.195 e. The lowest BCUT2D eigenvalue weighted by atomic mass is 10.1. The van der Waals surface area contributed by atoms with Crippen molar-refractivity contribution in [1.82, 2.24) is 4.98 Å². The van der Waals surface area contributed by atoms with E-state index < -0.39 is 0 Å². The van der Waals surface area contributed by atoms with E-state index in [2.05, 4.69) is 18.8 Å². The van der Waals surface area contributed by atoms with Gasteiger partial charge in [0.1, 0.15) is 6.61 Å². The molecular weight excluding hydrogens is 154 g/mol. The van der Waals surface area contributed by atoms with Crippen LogP contribution in [0.15, 0.2) is 4.42 Å². The molecular formula is C9H15NO2. The molecule has 0 unspecified atom stereocenters. The summed E-state index contributed by atoms with van der Waals surface area (Å²) in [4.78, 5) is 4.19. The largest absolute Gasteiger partial charge is 0.443 e. The Labute approximate surface area is 72.4 Å². The molecule has 1 rings (SSSR count). The Morgan fingerprint density at radius 1 is 1.50 bits per heavy atom. The molecule has 0 bridgehead atoms. The lowest BCUT2D eigenvalue weighted by Gasteiger charge is -1.97. The van der Waals surface area contributed by atoms with Crippen molar-refractivity contribution in [2.75, 3.05) is 0 Å². The number of aromatic nitrogens is 1. The van der Waals surface area contributed by atoms with Crippen molar-refractivity contribution >= 4 is 0 Å². The first-order chi connectivity index (χ1) is 5.63. The van der Waals surface area contributed by atoms with E-state index in [1.807, 2.05) is 6.92 Å². The van der Waals surface area contributed by atoms with E-state index in [-0.39, 0.29) is 6.61 Å². The van der Waals surface area contributed by atoms with Gasteiger partial charge >= 0.3 is 0 Å². The molecule has 1 heterocycles. The molecule has 3 nitrogen and oxygen atoms in total. The van der Waals surface area contributed by atoms with Crippen LogP contribution >= 0.6 is 0 Å². The summed E-state index contributed by atoms with van der Waals surface area (Å²) in [7, 11) is 0. The van der Waals surface area contributed by atoms with Crippen molar-refractivity contribution in [2.45, 2.75) is 33.8 Å². The van der Waals surface area contributed by atoms with E-state index in [0.717, 1.165) is 18.0 Å². The molecule has 1 aromatic heterocycles. The molecule has 3 heteroatoms. The Morgan fingerprint density at radius 2 is 2.17 bits per heavy atom. The average Bonchev–Trinajstić information content (AvgIpc) is 2.29. The molecule has 0 saturated carbocycles. The number of aryl methyl sites for hydroxylation is 1. The molecule has 1 aromatic rings. The predicted molar refractivity (Wildman–Crippen MR) is 45.7 cm³/mol. The molecule has 0 spiro atoms. The van der Waals surface area contributed by atoms with E-state index in [9.17, 15) is 0 Å². The van der Waals surface area contributed by atoms with Crippen molar-refractivity contribution in [3.63, 3.8) is 0 Å². The fourth-order valence-electron chi connectivity index (χ4n) is 1.07. The Morgan fingerprint density at radius 3 is 2.58 bits per heavy atom. The Balaban J connectivity index is 2.75. The third-order valence-electron chi connectivity index (χ3n) is 1.66. The highest BCUT2D eigenvalue weighted by Crippen LogP contribution is 2.13. The van der Waals surface area contributed by atoms with Gasteiger partial charge in [-0.2, -0.15) is 0 Å². The molecule has 0 saturated heterocycles. The highest BCUT2D eigenvalue weighted by molar-refractivity contribution is 5.06. The van der Waals surface area contributed by atoms with E-state index in [0.29, 0.717) is 11.7 Å². The first-order valence-electron chi connectivity index (χ1n) is 4.19. The first-order valence-corrected chi connectivity index (χ1v) is 4.19. The summed E-state index contributed by atoms with van der Waals surface area (Å²) < 4.78 is 5.31. The van der Waals surface area contributed by atoms with Crippen LogP contribution in [0.1, 0.15) is 31.2 Å². The predicted octanol–water partition coefficient (Wildman–Crippen LogP) is 1.67. The fraction of sp³-hybridized carbons (Fsp3) is 0.667. The van der Waals surface area contributed by atoms with Gasteiger partial charge in [0.2, 0.25) is 0 Å². The number of hydrogen-bond donors (Lipinski definition) is 1. The van der Waals surface area contributed by atoms with Gasteiger partial charge in [-0.05, 0) is 12.8 Å². The van der Waals surface area contributed by atoms with Crippen LogP contribution in [-0.2, 0) is 13.0 Å². The Bertz CT molecular complexity index is 253. The lowest BCUT2D eigenvalue weighted by molar-refractivity contribution is 0.241. The average molecular weight is 169 g/mol. The topological polar surface area (TPSA) is 46.3 Å². The molecule has 0 fully saturated rings. The van der Waals surface area contributed by atoms with Gasteiger partial charge in [-0.25, -0.2) is 4.98 Å². The number of oxazole rings is 1. The lowest BCUT2D eigenvalue weighted by Crippen LogP contribution is -1.93. The molecule has 0 aliphatic rings. The summed E-state index contributed by atoms with van der Waals surface area (Å²) in [5.41, 5.74) is 0.799. The normalized spacial score (nSPS) is 11.1. The molecule has 1 N–H and O–H groups in total. The minimum Gasteiger partial charge on any atom is -0.443 e. The van der Waals surface area contributed by atoms with Crippen LogP contribution in [0.2, 0.25) is 0 Å². The third-order valence-corrected chi connectivity index (χ3v) is 1.66. The van der Waals surface area contributed by atoms with Crippen molar-refractivity contribution in [3.8, 4) is 0 Å². The summed E-state index contributed by atoms with van der Waals surface area (Å²) in [6.07, 6.45) is 0.834. The Kier molecular flexibility index (Phi) is 2.87. The maximum atomic E-state index is 8.83. The van der Waals surface area contributed by atoms with Crippen LogP contribution < -0.4 is 0 Å². The number of aliphatic hydroxyl groups excluding tert-OH is 1. The SMILES string of the molecule is Cc1nc(CC(C)C)oc1CO. The van der Waals surface area contributed by atoms with Crippen molar-refractivity contribution in [3.05, 3.63) is 17.3 Å². The van der Waals surface area contributed by atoms with Crippen molar-refractivity contribution < 1.29 is 9.52 Å². The minimum atomic E-state index is -0.0586. The number of aliphatic hydroxyl groups is 1. The summed E-state index contributed by atoms with van der Waals surface area (Å²) in [5.74, 6) is 1.85. The molecule has 0 aliphatic carbocycles. The maximum absolute atomic E-state index is 8.83. The van der Waals surface area contributed by atoms with Gasteiger partial charge in [-0.3, -0.25) is 0 Å². The number of rotatable bonds is 3. The van der Waals surface area contributed by atoms with Crippen LogP contribution in [0.25, 0.3) is 0 Å². The maximum Gasteiger partial charge on any atom is 0.195 e. The monoisotopic (exact) mass is 169 g/mol. The van der Waals surface area contributed by atoms with Crippen LogP contribution in [0.4, 0.5) is 0 Å². The number of nitrogens with zero attached hydrogens (tertiary/aromatic N) is 1. The minimum absolute atomic E-state index is 0.0586. The highest BCUT2D eigenvalue weighted by Gasteiger charge is 2.09. The van der Waals surface area contributed by atoms with Gasteiger partial charge < -0.3 is 9.52 Å². The quantitative estimate of drug-likeness (QED) is 0.748. The van der Waals surface area contributed by atoms with Gasteiger partial charge in [0.25, 0.3) is 0 Å². The molecule has 12 heavy (non-hydrogen) atoms. The van der Waals surface area contributed by atoms with E-state index in [1.165, 1.54) is 0 Å². The summed E-state index contributed by atoms with van der Waals surface area (Å²) in [6.45, 7) is 6.01. The second kappa shape index (κ2) is 3.72. The van der Waals surface area contributed by atoms with Gasteiger partial charge in [-0.1, -0.05) is 13.8 Å². The van der Waals surface area contributed by atoms with E-state index in [1.54, 1.807) is 0 Å². The number of hydrogen-bond acceptors (Lipinski definition) is 3. The van der Waals surface area contributed by atoms with Gasteiger partial charge in [0.15, 0.2) is 11.7 Å². The molecule has 0 atom stereocenters. The van der Waals surface area contributed by atoms with Crippen molar-refractivity contribution in [1.29, 1.82) is 0 Å². The summed E-state index contributed by atoms with van der Waals surface area (Å²) in [6, 6.07) is 0. The van der Waals surface area contributed by atoms with Crippen LogP contribution in [-0.4, -0.2) is 10.1 Å². The van der Waals surface area contributed by atoms with Gasteiger partial charge in [0.05, 0.1) is 5.69 Å². The standard InChI is InChI=1S/C9H15NO2/c1-6(2)4-9-10-7(3)8(5-11)12-9/h6,11H,4-5H2,1-3H3. The second-order valence-corrected chi connectivity index (χ2v) is 3.37. The highest BCUT2D eigenvalue weighted by atomic mass is 16.4. The molecule has 0 aliphatic heterocycles. The summed E-state index contributed by atoms with van der Waals surface area (Å²) >= 11 is 0. The van der Waals surface area contributed by atoms with Crippen molar-refractivity contribution in [2.24, 2.45) is 5.92 Å². The second-order valence-electron chi connectivity index (χ2n) is 3.37. The zero-order valence-corrected chi connectivity index (χ0v) is 7.79. The van der Waals surface area contributed by atoms with Gasteiger partial charge in [-0.15, -0.1) is 0 Å².